The maximum Gasteiger partial charge on any atom is 0.250 e. The molecule has 7 heteroatoms. The van der Waals surface area contributed by atoms with E-state index in [0.29, 0.717) is 6.61 Å². The number of hydrogen-bond donors (Lipinski definition) is 1. The third-order valence-corrected chi connectivity index (χ3v) is 6.38. The predicted octanol–water partition coefficient (Wildman–Crippen LogP) is 6.29. The number of aromatic nitrogens is 2. The zero-order valence-corrected chi connectivity index (χ0v) is 23.0. The van der Waals surface area contributed by atoms with Gasteiger partial charge in [-0.25, -0.2) is 0 Å². The highest BCUT2D eigenvalue weighted by Gasteiger charge is 2.04. The van der Waals surface area contributed by atoms with Crippen molar-refractivity contribution in [2.24, 2.45) is 7.05 Å². The molecular weight excluding hydrogens is 505 g/mol. The van der Waals surface area contributed by atoms with Gasteiger partial charge in [0, 0.05) is 36.9 Å². The van der Waals surface area contributed by atoms with Gasteiger partial charge in [-0.15, -0.1) is 24.8 Å². The minimum absolute atomic E-state index is 0. The molecule has 0 unspecified atom stereocenters. The number of rotatable bonds is 13. The van der Waals surface area contributed by atoms with E-state index in [1.54, 1.807) is 17.7 Å². The smallest absolute Gasteiger partial charge is 0.250 e. The first kappa shape index (κ1) is 30.4. The molecule has 37 heavy (non-hydrogen) atoms. The van der Waals surface area contributed by atoms with Gasteiger partial charge in [0.1, 0.15) is 5.75 Å². The van der Waals surface area contributed by atoms with E-state index in [1.807, 2.05) is 36.5 Å². The first-order valence-corrected chi connectivity index (χ1v) is 12.6. The van der Waals surface area contributed by atoms with Crippen molar-refractivity contribution in [1.29, 1.82) is 0 Å². The summed E-state index contributed by atoms with van der Waals surface area (Å²) in [6.07, 6.45) is 8.37. The Bertz CT molecular complexity index is 1280. The molecule has 2 aromatic carbocycles. The fraction of sp³-hybridized carbons (Fsp3) is 0.333. The molecule has 1 N–H and O–H groups in total. The van der Waals surface area contributed by atoms with Gasteiger partial charge < -0.3 is 14.6 Å². The van der Waals surface area contributed by atoms with Gasteiger partial charge in [0.05, 0.1) is 12.1 Å². The second-order valence-corrected chi connectivity index (χ2v) is 8.99. The predicted molar refractivity (Wildman–Crippen MR) is 157 cm³/mol. The molecule has 0 atom stereocenters. The van der Waals surface area contributed by atoms with Gasteiger partial charge in [0.2, 0.25) is 0 Å². The molecule has 5 nitrogen and oxygen atoms in total. The Kier molecular flexibility index (Phi) is 13.2. The molecule has 0 spiro atoms. The lowest BCUT2D eigenvalue weighted by atomic mass is 10.0. The van der Waals surface area contributed by atoms with Crippen molar-refractivity contribution in [3.05, 3.63) is 106 Å². The number of halogens is 2. The third kappa shape index (κ3) is 9.19. The summed E-state index contributed by atoms with van der Waals surface area (Å²) in [7, 11) is 1.79. The molecule has 0 aliphatic rings. The molecule has 4 aromatic rings. The topological polar surface area (TPSA) is 56.1 Å². The van der Waals surface area contributed by atoms with Gasteiger partial charge in [0.15, 0.2) is 0 Å². The molecule has 0 amide bonds. The van der Waals surface area contributed by atoms with Crippen LogP contribution >= 0.6 is 24.8 Å². The maximum atomic E-state index is 11.7. The summed E-state index contributed by atoms with van der Waals surface area (Å²) < 4.78 is 7.59. The van der Waals surface area contributed by atoms with Crippen LogP contribution in [-0.4, -0.2) is 22.7 Å². The van der Waals surface area contributed by atoms with Gasteiger partial charge in [0.25, 0.3) is 5.56 Å². The van der Waals surface area contributed by atoms with Crippen LogP contribution in [0.15, 0.2) is 83.8 Å². The van der Waals surface area contributed by atoms with E-state index in [9.17, 15) is 4.79 Å². The quantitative estimate of drug-likeness (QED) is 0.202. The highest BCUT2D eigenvalue weighted by molar-refractivity contribution is 5.85. The zero-order chi connectivity index (χ0) is 24.3. The van der Waals surface area contributed by atoms with E-state index in [2.05, 4.69) is 46.7 Å². The lowest BCUT2D eigenvalue weighted by Gasteiger charge is -2.11. The molecular formula is C30H37Cl2N3O2. The average molecular weight is 543 g/mol. The van der Waals surface area contributed by atoms with Crippen LogP contribution in [0.25, 0.3) is 10.9 Å². The fourth-order valence-electron chi connectivity index (χ4n) is 4.36. The molecule has 0 saturated carbocycles. The molecule has 0 aliphatic heterocycles. The largest absolute Gasteiger partial charge is 0.494 e. The van der Waals surface area contributed by atoms with E-state index in [4.69, 9.17) is 4.74 Å². The summed E-state index contributed by atoms with van der Waals surface area (Å²) in [5.74, 6) is 0.852. The Hall–Kier alpha value is -2.86. The molecule has 0 saturated heterocycles. The van der Waals surface area contributed by atoms with Crippen molar-refractivity contribution in [2.75, 3.05) is 13.2 Å². The Labute approximate surface area is 232 Å². The Morgan fingerprint density at radius 2 is 1.70 bits per heavy atom. The van der Waals surface area contributed by atoms with Crippen LogP contribution in [0.4, 0.5) is 0 Å². The molecule has 0 radical (unpaired) electrons. The van der Waals surface area contributed by atoms with Gasteiger partial charge >= 0.3 is 0 Å². The summed E-state index contributed by atoms with van der Waals surface area (Å²) in [6, 6.07) is 24.2. The Balaban J connectivity index is 0.00000241. The van der Waals surface area contributed by atoms with Crippen molar-refractivity contribution < 1.29 is 4.74 Å². The van der Waals surface area contributed by atoms with Gasteiger partial charge in [-0.3, -0.25) is 9.78 Å². The number of benzene rings is 2. The van der Waals surface area contributed by atoms with Crippen molar-refractivity contribution in [2.45, 2.75) is 45.1 Å². The van der Waals surface area contributed by atoms with Crippen LogP contribution in [0.3, 0.4) is 0 Å². The van der Waals surface area contributed by atoms with E-state index < -0.39 is 0 Å². The summed E-state index contributed by atoms with van der Waals surface area (Å²) in [5.41, 5.74) is 4.82. The van der Waals surface area contributed by atoms with Crippen LogP contribution in [-0.2, 0) is 26.4 Å². The second-order valence-electron chi connectivity index (χ2n) is 8.99. The van der Waals surface area contributed by atoms with Crippen molar-refractivity contribution >= 4 is 35.7 Å². The van der Waals surface area contributed by atoms with E-state index in [1.165, 1.54) is 16.8 Å². The van der Waals surface area contributed by atoms with E-state index in [0.717, 1.165) is 68.3 Å². The number of nitrogens with one attached hydrogen (secondary N) is 1. The molecule has 4 rings (SSSR count). The molecule has 198 valence electrons. The second kappa shape index (κ2) is 16.1. The monoisotopic (exact) mass is 541 g/mol. The van der Waals surface area contributed by atoms with Crippen LogP contribution in [0, 0.1) is 0 Å². The number of pyridine rings is 2. The standard InChI is InChI=1S/C30H35N3O2.2ClH/c1-33-29-17-16-27(22-25(29)15-18-30(33)34)35-21-7-3-6-19-31-23-26-13-9-20-32-28(26)14-8-12-24-10-4-2-5-11-24;;/h2,4-5,9-11,13,15-18,20,22,31H,3,6-8,12,14,19,21,23H2,1H3;2*1H. The minimum Gasteiger partial charge on any atom is -0.494 e. The summed E-state index contributed by atoms with van der Waals surface area (Å²) >= 11 is 0. The van der Waals surface area contributed by atoms with Crippen molar-refractivity contribution in [3.8, 4) is 5.75 Å². The van der Waals surface area contributed by atoms with Gasteiger partial charge in [-0.05, 0) is 86.5 Å². The van der Waals surface area contributed by atoms with Gasteiger partial charge in [-0.1, -0.05) is 36.4 Å². The van der Waals surface area contributed by atoms with Crippen LogP contribution in [0.5, 0.6) is 5.75 Å². The first-order valence-electron chi connectivity index (χ1n) is 12.6. The number of nitrogens with zero attached hydrogens (tertiary/aromatic N) is 2. The normalized spacial score (nSPS) is 10.5. The number of aryl methyl sites for hydroxylation is 3. The molecule has 0 bridgehead atoms. The van der Waals surface area contributed by atoms with E-state index in [-0.39, 0.29) is 30.4 Å². The molecule has 2 heterocycles. The minimum atomic E-state index is 0. The average Bonchev–Trinajstić information content (AvgIpc) is 2.89. The van der Waals surface area contributed by atoms with Crippen LogP contribution < -0.4 is 15.6 Å². The summed E-state index contributed by atoms with van der Waals surface area (Å²) in [6.45, 7) is 2.55. The lowest BCUT2D eigenvalue weighted by molar-refractivity contribution is 0.305. The maximum absolute atomic E-state index is 11.7. The highest BCUT2D eigenvalue weighted by atomic mass is 35.5. The third-order valence-electron chi connectivity index (χ3n) is 6.38. The molecule has 0 fully saturated rings. The number of unbranched alkanes of at least 4 members (excludes halogenated alkanes) is 2. The van der Waals surface area contributed by atoms with Gasteiger partial charge in [-0.2, -0.15) is 0 Å². The van der Waals surface area contributed by atoms with Crippen molar-refractivity contribution in [1.82, 2.24) is 14.9 Å². The molecule has 0 aliphatic carbocycles. The van der Waals surface area contributed by atoms with Crippen molar-refractivity contribution in [3.63, 3.8) is 0 Å². The van der Waals surface area contributed by atoms with Crippen LogP contribution in [0.2, 0.25) is 0 Å². The summed E-state index contributed by atoms with van der Waals surface area (Å²) in [4.78, 5) is 16.4. The number of ether oxygens (including phenoxy) is 1. The fourth-order valence-corrected chi connectivity index (χ4v) is 4.36. The first-order chi connectivity index (χ1) is 17.2. The zero-order valence-electron chi connectivity index (χ0n) is 21.4. The summed E-state index contributed by atoms with van der Waals surface area (Å²) in [5, 5.41) is 4.60. The Morgan fingerprint density at radius 1 is 0.865 bits per heavy atom. The molecule has 2 aromatic heterocycles. The highest BCUT2D eigenvalue weighted by Crippen LogP contribution is 2.19. The SMILES string of the molecule is Cl.Cl.Cn1c(=O)ccc2cc(OCCCCCNCc3cccnc3CCCc3ccccc3)ccc21. The number of fused-ring (bicyclic) bond motifs is 1. The lowest BCUT2D eigenvalue weighted by Crippen LogP contribution is -2.16. The Morgan fingerprint density at radius 3 is 2.54 bits per heavy atom. The van der Waals surface area contributed by atoms with E-state index >= 15 is 0 Å². The number of hydrogen-bond acceptors (Lipinski definition) is 4. The van der Waals surface area contributed by atoms with Crippen LogP contribution in [0.1, 0.15) is 42.5 Å².